The zero-order valence-corrected chi connectivity index (χ0v) is 10.7. The van der Waals surface area contributed by atoms with Crippen LogP contribution in [0.2, 0.25) is 0 Å². The number of benzene rings is 1. The first-order valence-electron chi connectivity index (χ1n) is 6.81. The molecule has 1 saturated carbocycles. The van der Waals surface area contributed by atoms with E-state index in [2.05, 4.69) is 0 Å². The maximum Gasteiger partial charge on any atom is 0.312 e. The van der Waals surface area contributed by atoms with Crippen molar-refractivity contribution >= 4 is 17.6 Å². The standard InChI is InChI=1S/C15H17NO3/c17-14(10-5-1-2-6-10)16-9-12(15(18)19)11-7-3-4-8-13(11)16/h3-4,7-8,10,12H,1-2,5-6,9H2,(H,18,19)/t12-/m1/s1. The third-order valence-corrected chi connectivity index (χ3v) is 4.24. The van der Waals surface area contributed by atoms with Gasteiger partial charge in [0.15, 0.2) is 0 Å². The highest BCUT2D eigenvalue weighted by Gasteiger charge is 2.38. The summed E-state index contributed by atoms with van der Waals surface area (Å²) >= 11 is 0. The smallest absolute Gasteiger partial charge is 0.312 e. The van der Waals surface area contributed by atoms with Crippen molar-refractivity contribution in [2.45, 2.75) is 31.6 Å². The summed E-state index contributed by atoms with van der Waals surface area (Å²) in [5, 5.41) is 9.29. The first-order chi connectivity index (χ1) is 9.18. The largest absolute Gasteiger partial charge is 0.481 e. The number of carbonyl (C=O) groups excluding carboxylic acids is 1. The molecule has 1 heterocycles. The molecule has 1 aliphatic heterocycles. The molecule has 4 heteroatoms. The minimum atomic E-state index is -0.853. The Hall–Kier alpha value is -1.84. The van der Waals surface area contributed by atoms with Gasteiger partial charge < -0.3 is 10.0 Å². The van der Waals surface area contributed by atoms with Crippen LogP contribution < -0.4 is 4.90 Å². The molecule has 1 atom stereocenters. The molecule has 1 aliphatic carbocycles. The molecule has 0 aromatic heterocycles. The molecule has 4 nitrogen and oxygen atoms in total. The molecule has 2 aliphatic rings. The molecule has 0 bridgehead atoms. The second-order valence-electron chi connectivity index (χ2n) is 5.38. The van der Waals surface area contributed by atoms with Gasteiger partial charge in [-0.25, -0.2) is 0 Å². The number of hydrogen-bond donors (Lipinski definition) is 1. The summed E-state index contributed by atoms with van der Waals surface area (Å²) in [6.45, 7) is 0.282. The Morgan fingerprint density at radius 3 is 2.53 bits per heavy atom. The Morgan fingerprint density at radius 2 is 1.84 bits per heavy atom. The van der Waals surface area contributed by atoms with Crippen LogP contribution in [-0.4, -0.2) is 23.5 Å². The molecule has 0 unspecified atom stereocenters. The third-order valence-electron chi connectivity index (χ3n) is 4.24. The zero-order valence-electron chi connectivity index (χ0n) is 10.7. The van der Waals surface area contributed by atoms with Crippen LogP contribution in [0.1, 0.15) is 37.2 Å². The van der Waals surface area contributed by atoms with Gasteiger partial charge in [-0.15, -0.1) is 0 Å². The number of carboxylic acids is 1. The first kappa shape index (κ1) is 12.2. The van der Waals surface area contributed by atoms with E-state index in [0.717, 1.165) is 36.9 Å². The van der Waals surface area contributed by atoms with Gasteiger partial charge in [0, 0.05) is 18.2 Å². The van der Waals surface area contributed by atoms with E-state index >= 15 is 0 Å². The molecule has 0 saturated heterocycles. The fraction of sp³-hybridized carbons (Fsp3) is 0.467. The van der Waals surface area contributed by atoms with Gasteiger partial charge in [-0.1, -0.05) is 31.0 Å². The average molecular weight is 259 g/mol. The Morgan fingerprint density at radius 1 is 1.16 bits per heavy atom. The highest BCUT2D eigenvalue weighted by atomic mass is 16.4. The maximum absolute atomic E-state index is 12.5. The summed E-state index contributed by atoms with van der Waals surface area (Å²) in [7, 11) is 0. The van der Waals surface area contributed by atoms with Gasteiger partial charge in [0.1, 0.15) is 5.92 Å². The summed E-state index contributed by atoms with van der Waals surface area (Å²) in [4.78, 5) is 25.5. The normalized spacial score (nSPS) is 22.5. The topological polar surface area (TPSA) is 57.6 Å². The lowest BCUT2D eigenvalue weighted by Crippen LogP contribution is -2.35. The molecule has 1 N–H and O–H groups in total. The van der Waals surface area contributed by atoms with Gasteiger partial charge >= 0.3 is 5.97 Å². The SMILES string of the molecule is O=C(O)[C@@H]1CN(C(=O)C2CCCC2)c2ccccc21. The van der Waals surface area contributed by atoms with Crippen molar-refractivity contribution in [3.05, 3.63) is 29.8 Å². The van der Waals surface area contributed by atoms with E-state index in [4.69, 9.17) is 0 Å². The minimum Gasteiger partial charge on any atom is -0.481 e. The molecule has 100 valence electrons. The summed E-state index contributed by atoms with van der Waals surface area (Å²) in [5.74, 6) is -1.25. The number of aliphatic carboxylic acids is 1. The number of nitrogens with zero attached hydrogens (tertiary/aromatic N) is 1. The van der Waals surface area contributed by atoms with Gasteiger partial charge in [-0.05, 0) is 24.5 Å². The van der Waals surface area contributed by atoms with Crippen molar-refractivity contribution in [2.24, 2.45) is 5.92 Å². The Kier molecular flexibility index (Phi) is 3.01. The summed E-state index contributed by atoms with van der Waals surface area (Å²) in [6, 6.07) is 7.36. The molecule has 0 radical (unpaired) electrons. The van der Waals surface area contributed by atoms with E-state index in [-0.39, 0.29) is 18.4 Å². The van der Waals surface area contributed by atoms with E-state index in [9.17, 15) is 14.7 Å². The van der Waals surface area contributed by atoms with Crippen LogP contribution >= 0.6 is 0 Å². The molecule has 3 rings (SSSR count). The van der Waals surface area contributed by atoms with Gasteiger partial charge in [0.2, 0.25) is 5.91 Å². The maximum atomic E-state index is 12.5. The zero-order chi connectivity index (χ0) is 13.4. The highest BCUT2D eigenvalue weighted by Crippen LogP contribution is 2.38. The molecule has 19 heavy (non-hydrogen) atoms. The number of carbonyl (C=O) groups is 2. The fourth-order valence-corrected chi connectivity index (χ4v) is 3.22. The summed E-state index contributed by atoms with van der Waals surface area (Å²) < 4.78 is 0. The van der Waals surface area contributed by atoms with Gasteiger partial charge in [0.05, 0.1) is 0 Å². The van der Waals surface area contributed by atoms with E-state index < -0.39 is 11.9 Å². The molecule has 1 aromatic rings. The van der Waals surface area contributed by atoms with Crippen LogP contribution in [0.15, 0.2) is 24.3 Å². The van der Waals surface area contributed by atoms with Crippen molar-refractivity contribution in [1.29, 1.82) is 0 Å². The second kappa shape index (κ2) is 4.68. The van der Waals surface area contributed by atoms with Crippen LogP contribution in [-0.2, 0) is 9.59 Å². The lowest BCUT2D eigenvalue weighted by molar-refractivity contribution is -0.138. The number of para-hydroxylation sites is 1. The van der Waals surface area contributed by atoms with Crippen LogP contribution in [0.25, 0.3) is 0 Å². The van der Waals surface area contributed by atoms with E-state index in [1.807, 2.05) is 24.3 Å². The van der Waals surface area contributed by atoms with Crippen molar-refractivity contribution < 1.29 is 14.7 Å². The van der Waals surface area contributed by atoms with Crippen molar-refractivity contribution in [1.82, 2.24) is 0 Å². The van der Waals surface area contributed by atoms with E-state index in [1.54, 1.807) is 4.90 Å². The highest BCUT2D eigenvalue weighted by molar-refractivity contribution is 6.00. The van der Waals surface area contributed by atoms with E-state index in [0.29, 0.717) is 0 Å². The average Bonchev–Trinajstić information content (AvgIpc) is 3.05. The molecular formula is C15H17NO3. The number of anilines is 1. The van der Waals surface area contributed by atoms with Crippen molar-refractivity contribution in [3.8, 4) is 0 Å². The molecule has 0 spiro atoms. The number of rotatable bonds is 2. The van der Waals surface area contributed by atoms with Crippen LogP contribution in [0.3, 0.4) is 0 Å². The second-order valence-corrected chi connectivity index (χ2v) is 5.38. The predicted octanol–water partition coefficient (Wildman–Crippen LogP) is 2.39. The number of amides is 1. The van der Waals surface area contributed by atoms with Crippen LogP contribution in [0.5, 0.6) is 0 Å². The molecule has 1 aromatic carbocycles. The summed E-state index contributed by atoms with van der Waals surface area (Å²) in [5.41, 5.74) is 1.55. The monoisotopic (exact) mass is 259 g/mol. The van der Waals surface area contributed by atoms with Gasteiger partial charge in [-0.2, -0.15) is 0 Å². The lowest BCUT2D eigenvalue weighted by atomic mass is 10.0. The third kappa shape index (κ3) is 2.01. The van der Waals surface area contributed by atoms with Crippen molar-refractivity contribution in [3.63, 3.8) is 0 Å². The fourth-order valence-electron chi connectivity index (χ4n) is 3.22. The first-order valence-corrected chi connectivity index (χ1v) is 6.81. The molecule has 1 amide bonds. The Balaban J connectivity index is 1.91. The van der Waals surface area contributed by atoms with E-state index in [1.165, 1.54) is 0 Å². The van der Waals surface area contributed by atoms with Crippen LogP contribution in [0.4, 0.5) is 5.69 Å². The number of hydrogen-bond acceptors (Lipinski definition) is 2. The minimum absolute atomic E-state index is 0.0839. The Labute approximate surface area is 112 Å². The quantitative estimate of drug-likeness (QED) is 0.887. The van der Waals surface area contributed by atoms with Crippen molar-refractivity contribution in [2.75, 3.05) is 11.4 Å². The molecular weight excluding hydrogens is 242 g/mol. The Bertz CT molecular complexity index is 520. The number of fused-ring (bicyclic) bond motifs is 1. The van der Waals surface area contributed by atoms with Gasteiger partial charge in [0.25, 0.3) is 0 Å². The van der Waals surface area contributed by atoms with Crippen LogP contribution in [0, 0.1) is 5.92 Å². The number of carboxylic acid groups (broad SMARTS) is 1. The lowest BCUT2D eigenvalue weighted by Gasteiger charge is -2.21. The molecule has 1 fully saturated rings. The predicted molar refractivity (Wildman–Crippen MR) is 71.1 cm³/mol. The summed E-state index contributed by atoms with van der Waals surface area (Å²) in [6.07, 6.45) is 4.09. The van der Waals surface area contributed by atoms with Gasteiger partial charge in [-0.3, -0.25) is 9.59 Å².